The molecule has 1 spiro atoms. The van der Waals surface area contributed by atoms with Crippen molar-refractivity contribution >= 4 is 6.09 Å². The largest absolute Gasteiger partial charge is 0.465 e. The van der Waals surface area contributed by atoms with Gasteiger partial charge in [-0.2, -0.15) is 0 Å². The molecule has 0 radical (unpaired) electrons. The first kappa shape index (κ1) is 13.5. The van der Waals surface area contributed by atoms with Crippen LogP contribution in [0, 0.1) is 5.41 Å². The second-order valence-electron chi connectivity index (χ2n) is 6.90. The molecule has 1 aromatic rings. The molecule has 108 valence electrons. The maximum Gasteiger partial charge on any atom is 0.407 e. The molecule has 1 unspecified atom stereocenters. The lowest BCUT2D eigenvalue weighted by molar-refractivity contribution is 0.0141. The molecule has 1 aliphatic heterocycles. The number of carboxylic acid groups (broad SMARTS) is 1. The molecule has 0 aromatic heterocycles. The maximum absolute atomic E-state index is 10.9. The summed E-state index contributed by atoms with van der Waals surface area (Å²) in [5.74, 6) is 1.18. The molecule has 1 saturated carbocycles. The molecule has 2 fully saturated rings. The first-order valence-corrected chi connectivity index (χ1v) is 7.57. The normalized spacial score (nSPS) is 24.1. The average Bonchev–Trinajstić information content (AvgIpc) is 2.82. The van der Waals surface area contributed by atoms with Crippen LogP contribution in [0.4, 0.5) is 4.79 Å². The van der Waals surface area contributed by atoms with Gasteiger partial charge in [-0.25, -0.2) is 4.79 Å². The minimum Gasteiger partial charge on any atom is -0.465 e. The SMILES string of the molecule is CC(C)c1cccc(C2CCC3(C2)CN(C(=O)O)C3)c1. The minimum absolute atomic E-state index is 0.275. The molecule has 1 N–H and O–H groups in total. The zero-order valence-corrected chi connectivity index (χ0v) is 12.3. The van der Waals surface area contributed by atoms with E-state index in [1.165, 1.54) is 24.0 Å². The molecule has 1 heterocycles. The van der Waals surface area contributed by atoms with Gasteiger partial charge in [0.15, 0.2) is 0 Å². The Balaban J connectivity index is 1.69. The van der Waals surface area contributed by atoms with Gasteiger partial charge in [0.1, 0.15) is 0 Å². The highest BCUT2D eigenvalue weighted by molar-refractivity contribution is 5.66. The van der Waals surface area contributed by atoms with Crippen LogP contribution in [0.3, 0.4) is 0 Å². The number of benzene rings is 1. The number of hydrogen-bond acceptors (Lipinski definition) is 1. The first-order valence-electron chi connectivity index (χ1n) is 7.57. The van der Waals surface area contributed by atoms with E-state index in [1.807, 2.05) is 0 Å². The van der Waals surface area contributed by atoms with Crippen LogP contribution in [-0.4, -0.2) is 29.2 Å². The Hall–Kier alpha value is -1.51. The fourth-order valence-corrected chi connectivity index (χ4v) is 3.85. The molecular formula is C17H23NO2. The fourth-order valence-electron chi connectivity index (χ4n) is 3.85. The number of likely N-dealkylation sites (tertiary alicyclic amines) is 1. The Morgan fingerprint density at radius 1 is 1.40 bits per heavy atom. The van der Waals surface area contributed by atoms with Crippen molar-refractivity contribution in [1.82, 2.24) is 4.90 Å². The molecule has 20 heavy (non-hydrogen) atoms. The van der Waals surface area contributed by atoms with E-state index in [-0.39, 0.29) is 5.41 Å². The highest BCUT2D eigenvalue weighted by Crippen LogP contribution is 2.51. The van der Waals surface area contributed by atoms with Gasteiger partial charge in [0, 0.05) is 18.5 Å². The van der Waals surface area contributed by atoms with Crippen molar-refractivity contribution in [3.05, 3.63) is 35.4 Å². The standard InChI is InChI=1S/C17H23NO2/c1-12(2)13-4-3-5-14(8-13)15-6-7-17(9-15)10-18(11-17)16(19)20/h3-5,8,12,15H,6-7,9-11H2,1-2H3,(H,19,20). The molecular weight excluding hydrogens is 250 g/mol. The molecule has 0 bridgehead atoms. The van der Waals surface area contributed by atoms with Crippen LogP contribution in [0.15, 0.2) is 24.3 Å². The molecule has 1 aromatic carbocycles. The summed E-state index contributed by atoms with van der Waals surface area (Å²) in [5, 5.41) is 8.98. The Labute approximate surface area is 120 Å². The van der Waals surface area contributed by atoms with Crippen molar-refractivity contribution in [2.75, 3.05) is 13.1 Å². The van der Waals surface area contributed by atoms with E-state index >= 15 is 0 Å². The summed E-state index contributed by atoms with van der Waals surface area (Å²) in [4.78, 5) is 12.5. The van der Waals surface area contributed by atoms with Gasteiger partial charge >= 0.3 is 6.09 Å². The molecule has 1 aliphatic carbocycles. The predicted octanol–water partition coefficient (Wildman–Crippen LogP) is 4.06. The number of rotatable bonds is 2. The zero-order valence-electron chi connectivity index (χ0n) is 12.3. The Kier molecular flexibility index (Phi) is 3.23. The summed E-state index contributed by atoms with van der Waals surface area (Å²) in [7, 11) is 0. The molecule has 1 amide bonds. The quantitative estimate of drug-likeness (QED) is 0.882. The van der Waals surface area contributed by atoms with Crippen molar-refractivity contribution in [1.29, 1.82) is 0 Å². The van der Waals surface area contributed by atoms with Gasteiger partial charge in [-0.15, -0.1) is 0 Å². The lowest BCUT2D eigenvalue weighted by Crippen LogP contribution is -2.56. The van der Waals surface area contributed by atoms with E-state index in [2.05, 4.69) is 38.1 Å². The second kappa shape index (κ2) is 4.80. The van der Waals surface area contributed by atoms with Crippen LogP contribution in [0.2, 0.25) is 0 Å². The van der Waals surface area contributed by atoms with Gasteiger partial charge < -0.3 is 10.0 Å². The Bertz CT molecular complexity index is 517. The van der Waals surface area contributed by atoms with Crippen molar-refractivity contribution in [2.24, 2.45) is 5.41 Å². The number of nitrogens with zero attached hydrogens (tertiary/aromatic N) is 1. The highest BCUT2D eigenvalue weighted by atomic mass is 16.4. The van der Waals surface area contributed by atoms with E-state index in [0.717, 1.165) is 19.5 Å². The van der Waals surface area contributed by atoms with E-state index in [1.54, 1.807) is 4.90 Å². The van der Waals surface area contributed by atoms with Crippen LogP contribution in [0.1, 0.15) is 56.1 Å². The van der Waals surface area contributed by atoms with Crippen LogP contribution < -0.4 is 0 Å². The number of carbonyl (C=O) groups is 1. The van der Waals surface area contributed by atoms with Crippen molar-refractivity contribution < 1.29 is 9.90 Å². The van der Waals surface area contributed by atoms with E-state index in [4.69, 9.17) is 5.11 Å². The number of hydrogen-bond donors (Lipinski definition) is 1. The van der Waals surface area contributed by atoms with Crippen molar-refractivity contribution in [2.45, 2.75) is 44.9 Å². The van der Waals surface area contributed by atoms with Gasteiger partial charge in [0.05, 0.1) is 0 Å². The van der Waals surface area contributed by atoms with Crippen LogP contribution in [0.25, 0.3) is 0 Å². The lowest BCUT2D eigenvalue weighted by atomic mass is 9.77. The summed E-state index contributed by atoms with van der Waals surface area (Å²) in [5.41, 5.74) is 3.13. The smallest absolute Gasteiger partial charge is 0.407 e. The summed E-state index contributed by atoms with van der Waals surface area (Å²) < 4.78 is 0. The van der Waals surface area contributed by atoms with Crippen molar-refractivity contribution in [3.8, 4) is 0 Å². The van der Waals surface area contributed by atoms with Crippen LogP contribution >= 0.6 is 0 Å². The molecule has 3 rings (SSSR count). The molecule has 1 saturated heterocycles. The highest BCUT2D eigenvalue weighted by Gasteiger charge is 2.49. The second-order valence-corrected chi connectivity index (χ2v) is 6.90. The third-order valence-corrected chi connectivity index (χ3v) is 5.07. The van der Waals surface area contributed by atoms with Gasteiger partial charge in [0.2, 0.25) is 0 Å². The third kappa shape index (κ3) is 2.30. The first-order chi connectivity index (χ1) is 9.49. The summed E-state index contributed by atoms with van der Waals surface area (Å²) in [6, 6.07) is 8.96. The monoisotopic (exact) mass is 273 g/mol. The van der Waals surface area contributed by atoms with E-state index in [0.29, 0.717) is 11.8 Å². The molecule has 1 atom stereocenters. The lowest BCUT2D eigenvalue weighted by Gasteiger charge is -2.46. The third-order valence-electron chi connectivity index (χ3n) is 5.07. The van der Waals surface area contributed by atoms with Gasteiger partial charge in [-0.1, -0.05) is 38.1 Å². The summed E-state index contributed by atoms with van der Waals surface area (Å²) in [6.07, 6.45) is 2.77. The maximum atomic E-state index is 10.9. The Morgan fingerprint density at radius 2 is 2.15 bits per heavy atom. The Morgan fingerprint density at radius 3 is 2.80 bits per heavy atom. The topological polar surface area (TPSA) is 40.5 Å². The molecule has 3 nitrogen and oxygen atoms in total. The van der Waals surface area contributed by atoms with Crippen LogP contribution in [0.5, 0.6) is 0 Å². The average molecular weight is 273 g/mol. The predicted molar refractivity (Wildman–Crippen MR) is 79.2 cm³/mol. The zero-order chi connectivity index (χ0) is 14.3. The summed E-state index contributed by atoms with van der Waals surface area (Å²) in [6.45, 7) is 5.93. The fraction of sp³-hybridized carbons (Fsp3) is 0.588. The molecule has 3 heteroatoms. The number of amides is 1. The summed E-state index contributed by atoms with van der Waals surface area (Å²) >= 11 is 0. The molecule has 2 aliphatic rings. The van der Waals surface area contributed by atoms with Crippen LogP contribution in [-0.2, 0) is 0 Å². The van der Waals surface area contributed by atoms with Gasteiger partial charge in [-0.3, -0.25) is 0 Å². The van der Waals surface area contributed by atoms with Crippen molar-refractivity contribution in [3.63, 3.8) is 0 Å². The van der Waals surface area contributed by atoms with E-state index in [9.17, 15) is 4.79 Å². The van der Waals surface area contributed by atoms with E-state index < -0.39 is 6.09 Å². The minimum atomic E-state index is -0.763. The van der Waals surface area contributed by atoms with Gasteiger partial charge in [0.25, 0.3) is 0 Å². The van der Waals surface area contributed by atoms with Gasteiger partial charge in [-0.05, 0) is 42.2 Å².